The Bertz CT molecular complexity index is 655. The molecule has 0 unspecified atom stereocenters. The molecule has 0 aliphatic carbocycles. The molecule has 124 valence electrons. The second-order valence-corrected chi connectivity index (χ2v) is 6.57. The lowest BCUT2D eigenvalue weighted by Gasteiger charge is -2.19. The van der Waals surface area contributed by atoms with Crippen molar-refractivity contribution in [3.63, 3.8) is 0 Å². The van der Waals surface area contributed by atoms with E-state index in [2.05, 4.69) is 59.6 Å². The average Bonchev–Trinajstić information content (AvgIpc) is 2.51. The highest BCUT2D eigenvalue weighted by Gasteiger charge is 2.11. The number of nitrogens with zero attached hydrogens (tertiary/aromatic N) is 2. The van der Waals surface area contributed by atoms with E-state index in [0.29, 0.717) is 29.8 Å². The highest BCUT2D eigenvalue weighted by atomic mass is 35.5. The van der Waals surface area contributed by atoms with Gasteiger partial charge in [-0.1, -0.05) is 35.9 Å². The zero-order valence-corrected chi connectivity index (χ0v) is 14.7. The van der Waals surface area contributed by atoms with Gasteiger partial charge in [0.1, 0.15) is 12.0 Å². The van der Waals surface area contributed by atoms with Gasteiger partial charge in [0.15, 0.2) is 11.0 Å². The molecule has 2 rings (SSSR count). The van der Waals surface area contributed by atoms with Crippen LogP contribution in [0.1, 0.15) is 31.9 Å². The van der Waals surface area contributed by atoms with Crippen molar-refractivity contribution < 1.29 is 4.74 Å². The largest absolute Gasteiger partial charge is 0.383 e. The van der Waals surface area contributed by atoms with E-state index in [-0.39, 0.29) is 5.60 Å². The van der Waals surface area contributed by atoms with Crippen LogP contribution >= 0.6 is 11.6 Å². The van der Waals surface area contributed by atoms with Gasteiger partial charge in [0.2, 0.25) is 0 Å². The summed E-state index contributed by atoms with van der Waals surface area (Å²) in [5.41, 5.74) is 2.85. The van der Waals surface area contributed by atoms with Crippen molar-refractivity contribution >= 4 is 23.1 Å². The number of benzene rings is 1. The number of anilines is 2. The van der Waals surface area contributed by atoms with Gasteiger partial charge in [0, 0.05) is 13.6 Å². The first kappa shape index (κ1) is 17.5. The van der Waals surface area contributed by atoms with E-state index in [1.165, 1.54) is 6.33 Å². The molecule has 0 saturated heterocycles. The number of ether oxygens (including phenoxy) is 1. The number of nitrogens with one attached hydrogen (secondary N) is 2. The number of halogens is 1. The Morgan fingerprint density at radius 1 is 1.17 bits per heavy atom. The highest BCUT2D eigenvalue weighted by molar-refractivity contribution is 6.32. The van der Waals surface area contributed by atoms with Crippen molar-refractivity contribution in [3.8, 4) is 0 Å². The summed E-state index contributed by atoms with van der Waals surface area (Å²) >= 11 is 6.05. The van der Waals surface area contributed by atoms with Crippen molar-refractivity contribution in [1.82, 2.24) is 9.97 Å². The molecule has 0 radical (unpaired) electrons. The molecule has 0 saturated carbocycles. The van der Waals surface area contributed by atoms with Crippen LogP contribution in [0.25, 0.3) is 0 Å². The molecular formula is C17H23ClN4O. The molecular weight excluding hydrogens is 312 g/mol. The molecule has 0 atom stereocenters. The summed E-state index contributed by atoms with van der Waals surface area (Å²) in [5, 5.41) is 6.69. The zero-order chi connectivity index (χ0) is 16.9. The van der Waals surface area contributed by atoms with Crippen LogP contribution in [0.5, 0.6) is 0 Å². The van der Waals surface area contributed by atoms with E-state index in [0.717, 1.165) is 11.1 Å². The maximum atomic E-state index is 6.05. The highest BCUT2D eigenvalue weighted by Crippen LogP contribution is 2.25. The molecule has 2 aromatic rings. The van der Waals surface area contributed by atoms with Crippen molar-refractivity contribution in [2.75, 3.05) is 17.7 Å². The van der Waals surface area contributed by atoms with Crippen LogP contribution in [0, 0.1) is 0 Å². The lowest BCUT2D eigenvalue weighted by Crippen LogP contribution is -2.18. The quantitative estimate of drug-likeness (QED) is 0.779. The third kappa shape index (κ3) is 5.37. The van der Waals surface area contributed by atoms with Crippen LogP contribution in [0.4, 0.5) is 11.5 Å². The molecule has 0 spiro atoms. The molecule has 2 N–H and O–H groups in total. The van der Waals surface area contributed by atoms with Gasteiger partial charge in [-0.25, -0.2) is 9.97 Å². The molecule has 1 heterocycles. The maximum absolute atomic E-state index is 6.05. The van der Waals surface area contributed by atoms with Crippen molar-refractivity contribution in [3.05, 3.63) is 46.9 Å². The standard InChI is InChI=1S/C17H23ClN4O/c1-17(2,3)23-10-13-7-5-6-12(8-13)9-20-16-14(19-4)15(18)21-11-22-16/h5-8,11,19H,9-10H2,1-4H3,(H,20,21,22). The predicted octanol–water partition coefficient (Wildman–Crippen LogP) is 4.10. The molecule has 5 nitrogen and oxygen atoms in total. The first-order chi connectivity index (χ1) is 10.9. The van der Waals surface area contributed by atoms with E-state index < -0.39 is 0 Å². The summed E-state index contributed by atoms with van der Waals surface area (Å²) in [6.07, 6.45) is 1.44. The Morgan fingerprint density at radius 3 is 2.61 bits per heavy atom. The smallest absolute Gasteiger partial charge is 0.157 e. The summed E-state index contributed by atoms with van der Waals surface area (Å²) in [6, 6.07) is 8.29. The predicted molar refractivity (Wildman–Crippen MR) is 94.9 cm³/mol. The van der Waals surface area contributed by atoms with Crippen LogP contribution in [0.2, 0.25) is 5.15 Å². The first-order valence-corrected chi connectivity index (χ1v) is 7.91. The van der Waals surface area contributed by atoms with Gasteiger partial charge in [-0.05, 0) is 31.9 Å². The normalized spacial score (nSPS) is 11.3. The van der Waals surface area contributed by atoms with Crippen LogP contribution in [-0.4, -0.2) is 22.6 Å². The molecule has 23 heavy (non-hydrogen) atoms. The Balaban J connectivity index is 2.03. The van der Waals surface area contributed by atoms with Crippen molar-refractivity contribution in [2.24, 2.45) is 0 Å². The van der Waals surface area contributed by atoms with Crippen LogP contribution < -0.4 is 10.6 Å². The summed E-state index contributed by atoms with van der Waals surface area (Å²) < 4.78 is 5.82. The van der Waals surface area contributed by atoms with Gasteiger partial charge in [-0.2, -0.15) is 0 Å². The molecule has 0 aliphatic rings. The molecule has 1 aromatic heterocycles. The van der Waals surface area contributed by atoms with Crippen LogP contribution in [0.3, 0.4) is 0 Å². The third-order valence-electron chi connectivity index (χ3n) is 3.17. The van der Waals surface area contributed by atoms with Crippen molar-refractivity contribution in [1.29, 1.82) is 0 Å². The number of rotatable bonds is 6. The van der Waals surface area contributed by atoms with E-state index in [9.17, 15) is 0 Å². The minimum Gasteiger partial charge on any atom is -0.383 e. The molecule has 0 amide bonds. The maximum Gasteiger partial charge on any atom is 0.157 e. The molecule has 0 fully saturated rings. The summed E-state index contributed by atoms with van der Waals surface area (Å²) in [4.78, 5) is 8.18. The second-order valence-electron chi connectivity index (χ2n) is 6.21. The first-order valence-electron chi connectivity index (χ1n) is 7.53. The van der Waals surface area contributed by atoms with Crippen LogP contribution in [-0.2, 0) is 17.9 Å². The fourth-order valence-corrected chi connectivity index (χ4v) is 2.26. The Hall–Kier alpha value is -1.85. The van der Waals surface area contributed by atoms with Gasteiger partial charge in [0.25, 0.3) is 0 Å². The Kier molecular flexibility index (Phi) is 5.80. The van der Waals surface area contributed by atoms with Crippen molar-refractivity contribution in [2.45, 2.75) is 39.5 Å². The molecule has 0 bridgehead atoms. The topological polar surface area (TPSA) is 59.1 Å². The van der Waals surface area contributed by atoms with E-state index in [1.54, 1.807) is 7.05 Å². The average molecular weight is 335 g/mol. The molecule has 1 aromatic carbocycles. The summed E-state index contributed by atoms with van der Waals surface area (Å²) in [5.74, 6) is 0.684. The number of hydrogen-bond donors (Lipinski definition) is 2. The van der Waals surface area contributed by atoms with Gasteiger partial charge in [0.05, 0.1) is 12.2 Å². The number of hydrogen-bond acceptors (Lipinski definition) is 5. The lowest BCUT2D eigenvalue weighted by molar-refractivity contribution is -0.0149. The second kappa shape index (κ2) is 7.62. The summed E-state index contributed by atoms with van der Waals surface area (Å²) in [7, 11) is 1.79. The summed E-state index contributed by atoms with van der Waals surface area (Å²) in [6.45, 7) is 7.40. The fourth-order valence-electron chi connectivity index (χ4n) is 2.03. The van der Waals surface area contributed by atoms with Gasteiger partial charge < -0.3 is 15.4 Å². The van der Waals surface area contributed by atoms with Gasteiger partial charge in [-0.15, -0.1) is 0 Å². The SMILES string of the molecule is CNc1c(Cl)ncnc1NCc1cccc(COC(C)(C)C)c1. The molecule has 0 aliphatic heterocycles. The monoisotopic (exact) mass is 334 g/mol. The minimum absolute atomic E-state index is 0.145. The fraction of sp³-hybridized carbons (Fsp3) is 0.412. The molecule has 6 heteroatoms. The Morgan fingerprint density at radius 2 is 1.91 bits per heavy atom. The minimum atomic E-state index is -0.145. The number of aromatic nitrogens is 2. The van der Waals surface area contributed by atoms with E-state index in [4.69, 9.17) is 16.3 Å². The lowest BCUT2D eigenvalue weighted by atomic mass is 10.1. The van der Waals surface area contributed by atoms with Gasteiger partial charge in [-0.3, -0.25) is 0 Å². The third-order valence-corrected chi connectivity index (χ3v) is 3.46. The van der Waals surface area contributed by atoms with E-state index >= 15 is 0 Å². The Labute approximate surface area is 142 Å². The zero-order valence-electron chi connectivity index (χ0n) is 14.0. The van der Waals surface area contributed by atoms with Gasteiger partial charge >= 0.3 is 0 Å². The van der Waals surface area contributed by atoms with Crippen LogP contribution in [0.15, 0.2) is 30.6 Å². The van der Waals surface area contributed by atoms with E-state index in [1.807, 2.05) is 6.07 Å².